The summed E-state index contributed by atoms with van der Waals surface area (Å²) in [6.45, 7) is 14.1. The highest BCUT2D eigenvalue weighted by Gasteiger charge is 2.22. The van der Waals surface area contributed by atoms with E-state index in [0.29, 0.717) is 6.42 Å². The van der Waals surface area contributed by atoms with Crippen LogP contribution in [-0.2, 0) is 9.63 Å². The van der Waals surface area contributed by atoms with Gasteiger partial charge < -0.3 is 71.3 Å². The van der Waals surface area contributed by atoms with Crippen molar-refractivity contribution in [2.75, 3.05) is 102 Å². The van der Waals surface area contributed by atoms with Crippen LogP contribution >= 0.6 is 46.6 Å². The van der Waals surface area contributed by atoms with Gasteiger partial charge in [-0.1, -0.05) is 79.9 Å². The molecular weight excluding hydrogens is 1140 g/mol. The Morgan fingerprint density at radius 3 is 1.44 bits per heavy atom. The summed E-state index contributed by atoms with van der Waals surface area (Å²) in [7, 11) is 1.59. The van der Waals surface area contributed by atoms with Gasteiger partial charge in [0.25, 0.3) is 0 Å². The molecule has 16 heteroatoms. The van der Waals surface area contributed by atoms with Crippen LogP contribution in [0.15, 0.2) is 102 Å². The summed E-state index contributed by atoms with van der Waals surface area (Å²) in [4.78, 5) is 28.1. The predicted molar refractivity (Wildman–Crippen MR) is 316 cm³/mol. The molecule has 4 aliphatic heterocycles. The smallest absolute Gasteiger partial charge is 0.226 e. The van der Waals surface area contributed by atoms with E-state index in [1.807, 2.05) is 107 Å². The number of alkyl halides is 1. The Hall–Kier alpha value is -3.85. The molecule has 0 aromatic heterocycles. The van der Waals surface area contributed by atoms with Gasteiger partial charge in [-0.05, 0) is 167 Å². The highest BCUT2D eigenvalue weighted by atomic mass is 127. The Kier molecular flexibility index (Phi) is 33.9. The van der Waals surface area contributed by atoms with Gasteiger partial charge in [0.1, 0.15) is 19.5 Å². The molecule has 4 aliphatic rings. The highest BCUT2D eigenvalue weighted by molar-refractivity contribution is 14.1. The van der Waals surface area contributed by atoms with E-state index in [-0.39, 0.29) is 37.3 Å². The summed E-state index contributed by atoms with van der Waals surface area (Å²) in [6.07, 6.45) is 15.6. The minimum atomic E-state index is 0. The van der Waals surface area contributed by atoms with Crippen LogP contribution < -0.4 is 61.6 Å². The lowest BCUT2D eigenvalue weighted by Gasteiger charge is -2.29. The van der Waals surface area contributed by atoms with Crippen molar-refractivity contribution in [2.45, 2.75) is 105 Å². The second-order valence-corrected chi connectivity index (χ2v) is 17.8. The third kappa shape index (κ3) is 22.3. The molecule has 70 heavy (non-hydrogen) atoms. The van der Waals surface area contributed by atoms with E-state index in [9.17, 15) is 4.79 Å². The maximum atomic E-state index is 11.6. The molecule has 0 radical (unpaired) electrons. The van der Waals surface area contributed by atoms with Gasteiger partial charge in [-0.15, -0.1) is 0 Å². The van der Waals surface area contributed by atoms with E-state index in [2.05, 4.69) is 86.2 Å². The van der Waals surface area contributed by atoms with E-state index in [0.717, 1.165) is 96.8 Å². The van der Waals surface area contributed by atoms with Crippen molar-refractivity contribution >= 4 is 114 Å². The normalized spacial score (nSPS) is 15.9. The number of hydrogen-bond donors (Lipinski definition) is 4. The Balaban J connectivity index is 0.000000438. The molecule has 0 saturated carbocycles. The molecule has 0 unspecified atom stereocenters. The first-order chi connectivity index (χ1) is 33.0. The number of halogens is 2. The van der Waals surface area contributed by atoms with E-state index < -0.39 is 0 Å². The van der Waals surface area contributed by atoms with Crippen LogP contribution in [0.1, 0.15) is 105 Å². The topological polar surface area (TPSA) is 159 Å². The van der Waals surface area contributed by atoms with Crippen molar-refractivity contribution in [3.8, 4) is 0 Å². The van der Waals surface area contributed by atoms with Crippen LogP contribution in [0.2, 0.25) is 0 Å². The van der Waals surface area contributed by atoms with Gasteiger partial charge in [0, 0.05) is 97.3 Å². The van der Waals surface area contributed by atoms with Gasteiger partial charge in [-0.3, -0.25) is 4.79 Å². The molecule has 0 spiro atoms. The molecule has 3 fully saturated rings. The van der Waals surface area contributed by atoms with Crippen LogP contribution in [0, 0.1) is 0 Å². The van der Waals surface area contributed by atoms with Crippen molar-refractivity contribution in [1.82, 2.24) is 4.90 Å². The summed E-state index contributed by atoms with van der Waals surface area (Å²) < 4.78 is 2.41. The van der Waals surface area contributed by atoms with Crippen LogP contribution in [0.4, 0.5) is 45.5 Å². The molecule has 3 saturated heterocycles. The van der Waals surface area contributed by atoms with Crippen molar-refractivity contribution < 1.29 is 38.2 Å². The standard InChI is InChI=1S/C12H17N3O.C12H17N2S.C11H14N2O.C11H14N2S.C6H15N.CH3I.CH4.HI/c1-16-14-12-4-2-3-9-15(12)11-7-5-10(13)6-8-11;1-15-12-4-2-3-9-14(12)11-7-5-10(13)6-8-11;2*12-9-4-6-10(7-5-9)13-8-2-1-3-11(13)14;1-4-7(5-2)6-3;1-2;;/h5-8H,2-4,9,13H2,1H3;5-8H,2-4,9,13H2,1H3;2*4-7H,1-3,8,12H2;4-6H2,1-3H3;1H3;1H4;1H/q;+1;;;;;;/p-1/b14-12+;;;;;;;. The molecular formula is C54H84I2N10O2S2. The monoisotopic (exact) mass is 1220 g/mol. The number of thiocarbonyl (C=S) groups is 1. The van der Waals surface area contributed by atoms with E-state index in [1.54, 1.807) is 7.11 Å². The SMILES string of the molecule is C.CCN(CC)CC.CI.CO/N=C1\CCCCN1c1ccc(N)cc1.CSC1=[N+](c2ccc(N)cc2)CCCC1.Nc1ccc(N2CCCCC2=O)cc1.Nc1ccc(N2CCCCC2=S)cc1.[I-]. The van der Waals surface area contributed by atoms with Gasteiger partial charge in [-0.25, -0.2) is 0 Å². The number of amidine groups is 1. The number of nitrogens with two attached hydrogens (primary N) is 4. The number of carbonyl (C=O) groups is 1. The van der Waals surface area contributed by atoms with Gasteiger partial charge >= 0.3 is 0 Å². The highest BCUT2D eigenvalue weighted by Crippen LogP contribution is 2.26. The van der Waals surface area contributed by atoms with Crippen LogP contribution in [0.3, 0.4) is 0 Å². The maximum Gasteiger partial charge on any atom is 0.226 e. The first-order valence-corrected chi connectivity index (χ1v) is 28.0. The van der Waals surface area contributed by atoms with Crippen molar-refractivity contribution in [2.24, 2.45) is 5.16 Å². The second-order valence-electron chi connectivity index (χ2n) is 16.5. The fourth-order valence-electron chi connectivity index (χ4n) is 8.03. The lowest BCUT2D eigenvalue weighted by atomic mass is 10.1. The minimum Gasteiger partial charge on any atom is -1.00 e. The molecule has 0 atom stereocenters. The van der Waals surface area contributed by atoms with Crippen LogP contribution in [0.25, 0.3) is 0 Å². The Labute approximate surface area is 462 Å². The van der Waals surface area contributed by atoms with Crippen LogP contribution in [-0.4, -0.2) is 95.4 Å². The van der Waals surface area contributed by atoms with Crippen LogP contribution in [0.5, 0.6) is 0 Å². The number of carbonyl (C=O) groups excluding carboxylic acids is 1. The van der Waals surface area contributed by atoms with Gasteiger partial charge in [0.15, 0.2) is 0 Å². The quantitative estimate of drug-likeness (QED) is 0.0333. The number of amides is 1. The zero-order valence-electron chi connectivity index (χ0n) is 42.1. The Morgan fingerprint density at radius 1 is 0.614 bits per heavy atom. The largest absolute Gasteiger partial charge is 1.00 e. The number of hydrogen-bond acceptors (Lipinski definition) is 10. The summed E-state index contributed by atoms with van der Waals surface area (Å²) in [6, 6.07) is 31.4. The van der Waals surface area contributed by atoms with Crippen molar-refractivity contribution in [3.05, 3.63) is 97.1 Å². The Bertz CT molecular complexity index is 2030. The lowest BCUT2D eigenvalue weighted by Crippen LogP contribution is -3.00. The van der Waals surface area contributed by atoms with Gasteiger partial charge in [0.05, 0.1) is 4.99 Å². The number of thioether (sulfide) groups is 1. The van der Waals surface area contributed by atoms with E-state index in [4.69, 9.17) is 40.0 Å². The van der Waals surface area contributed by atoms with Crippen molar-refractivity contribution in [3.63, 3.8) is 0 Å². The number of nitrogen functional groups attached to an aromatic ring is 4. The zero-order chi connectivity index (χ0) is 49.7. The molecule has 388 valence electrons. The lowest BCUT2D eigenvalue weighted by molar-refractivity contribution is -0.443. The number of nitrogens with zero attached hydrogens (tertiary/aromatic N) is 6. The van der Waals surface area contributed by atoms with E-state index in [1.165, 1.54) is 81.0 Å². The number of anilines is 7. The molecule has 4 aromatic rings. The summed E-state index contributed by atoms with van der Waals surface area (Å²) in [5.41, 5.74) is 30.3. The minimum absolute atomic E-state index is 0. The average molecular weight is 1220 g/mol. The fraction of sp³-hybridized carbons (Fsp3) is 0.481. The first-order valence-electron chi connectivity index (χ1n) is 24.2. The molecule has 8 rings (SSSR count). The van der Waals surface area contributed by atoms with Crippen molar-refractivity contribution in [1.29, 1.82) is 0 Å². The molecule has 8 N–H and O–H groups in total. The summed E-state index contributed by atoms with van der Waals surface area (Å²) >= 11 is 9.35. The third-order valence-electron chi connectivity index (χ3n) is 11.9. The average Bonchev–Trinajstić information content (AvgIpc) is 3.38. The number of piperidine rings is 3. The van der Waals surface area contributed by atoms with E-state index >= 15 is 0 Å². The Morgan fingerprint density at radius 2 is 1.01 bits per heavy atom. The predicted octanol–water partition coefficient (Wildman–Crippen LogP) is 9.49. The molecule has 4 aromatic carbocycles. The molecule has 0 bridgehead atoms. The number of oxime groups is 1. The maximum absolute atomic E-state index is 11.6. The molecule has 0 aliphatic carbocycles. The number of rotatable bonds is 8. The zero-order valence-corrected chi connectivity index (χ0v) is 48.0. The van der Waals surface area contributed by atoms with Gasteiger partial charge in [-0.2, -0.15) is 4.58 Å². The third-order valence-corrected chi connectivity index (χ3v) is 13.2. The number of benzene rings is 4. The summed E-state index contributed by atoms with van der Waals surface area (Å²) in [5.74, 6) is 1.22. The molecule has 12 nitrogen and oxygen atoms in total. The first kappa shape index (κ1) is 64.2. The second kappa shape index (κ2) is 37.0. The summed E-state index contributed by atoms with van der Waals surface area (Å²) in [5, 5.41) is 5.55. The molecule has 4 heterocycles. The fourth-order valence-corrected chi connectivity index (χ4v) is 9.14. The van der Waals surface area contributed by atoms with Gasteiger partial charge in [0.2, 0.25) is 16.6 Å². The molecule has 1 amide bonds.